The summed E-state index contributed by atoms with van der Waals surface area (Å²) in [6.07, 6.45) is 3.32. The Morgan fingerprint density at radius 1 is 0.844 bits per heavy atom. The average molecular weight is 437 g/mol. The van der Waals surface area contributed by atoms with Crippen molar-refractivity contribution in [1.29, 1.82) is 0 Å². The highest BCUT2D eigenvalue weighted by molar-refractivity contribution is 5.85. The fraction of sp³-hybridized carbons (Fsp3) is 0.308. The van der Waals surface area contributed by atoms with Gasteiger partial charge in [-0.3, -0.25) is 9.59 Å². The average Bonchev–Trinajstić information content (AvgIpc) is 3.32. The monoisotopic (exact) mass is 436 g/mol. The first-order chi connectivity index (χ1) is 15.5. The lowest BCUT2D eigenvalue weighted by Gasteiger charge is -2.27. The van der Waals surface area contributed by atoms with Crippen LogP contribution in [0.3, 0.4) is 0 Å². The van der Waals surface area contributed by atoms with Gasteiger partial charge in [-0.15, -0.1) is 0 Å². The van der Waals surface area contributed by atoms with Crippen LogP contribution < -0.4 is 0 Å². The summed E-state index contributed by atoms with van der Waals surface area (Å²) in [4.78, 5) is 29.4. The third-order valence-corrected chi connectivity index (χ3v) is 5.21. The number of rotatable bonds is 11. The fourth-order valence-corrected chi connectivity index (χ4v) is 3.51. The van der Waals surface area contributed by atoms with Crippen LogP contribution in [0.2, 0.25) is 0 Å². The number of benzene rings is 2. The summed E-state index contributed by atoms with van der Waals surface area (Å²) in [5.41, 5.74) is 1.91. The zero-order valence-corrected chi connectivity index (χ0v) is 18.4. The minimum atomic E-state index is -0.323. The summed E-state index contributed by atoms with van der Waals surface area (Å²) < 4.78 is 18.7. The molecule has 0 unspecified atom stereocenters. The van der Waals surface area contributed by atoms with Crippen molar-refractivity contribution in [2.45, 2.75) is 39.3 Å². The Morgan fingerprint density at radius 2 is 1.59 bits per heavy atom. The van der Waals surface area contributed by atoms with E-state index in [1.165, 1.54) is 12.1 Å². The van der Waals surface area contributed by atoms with Gasteiger partial charge in [0.2, 0.25) is 11.8 Å². The second kappa shape index (κ2) is 11.8. The van der Waals surface area contributed by atoms with Crippen molar-refractivity contribution >= 4 is 11.8 Å². The van der Waals surface area contributed by atoms with E-state index in [-0.39, 0.29) is 30.7 Å². The zero-order chi connectivity index (χ0) is 22.8. The van der Waals surface area contributed by atoms with Gasteiger partial charge in [0.25, 0.3) is 0 Å². The van der Waals surface area contributed by atoms with E-state index in [1.807, 2.05) is 37.3 Å². The van der Waals surface area contributed by atoms with Crippen molar-refractivity contribution in [3.05, 3.63) is 95.7 Å². The van der Waals surface area contributed by atoms with Gasteiger partial charge in [0, 0.05) is 19.5 Å². The number of amides is 2. The van der Waals surface area contributed by atoms with Crippen LogP contribution in [0, 0.1) is 5.82 Å². The third-order valence-electron chi connectivity index (χ3n) is 5.21. The summed E-state index contributed by atoms with van der Waals surface area (Å²) >= 11 is 0. The minimum absolute atomic E-state index is 0.00334. The predicted molar refractivity (Wildman–Crippen MR) is 121 cm³/mol. The van der Waals surface area contributed by atoms with E-state index in [2.05, 4.69) is 0 Å². The Bertz CT molecular complexity index is 972. The third kappa shape index (κ3) is 7.08. The molecule has 3 aromatic rings. The SMILES string of the molecule is CCCN(CC(=O)N(Cc1ccc(F)cc1)Cc1ccco1)C(=O)CCc1ccccc1. The molecule has 0 radical (unpaired) electrons. The number of hydrogen-bond donors (Lipinski definition) is 0. The summed E-state index contributed by atoms with van der Waals surface area (Å²) in [7, 11) is 0. The quantitative estimate of drug-likeness (QED) is 0.433. The van der Waals surface area contributed by atoms with Crippen molar-refractivity contribution in [2.24, 2.45) is 0 Å². The maximum absolute atomic E-state index is 13.3. The van der Waals surface area contributed by atoms with Crippen molar-refractivity contribution in [3.8, 4) is 0 Å². The molecule has 0 atom stereocenters. The van der Waals surface area contributed by atoms with E-state index >= 15 is 0 Å². The Hall–Kier alpha value is -3.41. The molecule has 0 saturated heterocycles. The second-order valence-electron chi connectivity index (χ2n) is 7.76. The molecule has 168 valence electrons. The van der Waals surface area contributed by atoms with Gasteiger partial charge in [0.05, 0.1) is 19.4 Å². The summed E-state index contributed by atoms with van der Waals surface area (Å²) in [6, 6.07) is 19.5. The van der Waals surface area contributed by atoms with Gasteiger partial charge >= 0.3 is 0 Å². The smallest absolute Gasteiger partial charge is 0.242 e. The van der Waals surface area contributed by atoms with E-state index in [0.717, 1.165) is 17.5 Å². The van der Waals surface area contributed by atoms with Gasteiger partial charge in [-0.2, -0.15) is 0 Å². The van der Waals surface area contributed by atoms with E-state index in [0.29, 0.717) is 31.7 Å². The molecule has 2 amide bonds. The van der Waals surface area contributed by atoms with E-state index in [4.69, 9.17) is 4.42 Å². The molecule has 0 aliphatic carbocycles. The minimum Gasteiger partial charge on any atom is -0.467 e. The van der Waals surface area contributed by atoms with Gasteiger partial charge in [0.1, 0.15) is 11.6 Å². The first-order valence-electron chi connectivity index (χ1n) is 10.9. The Kier molecular flexibility index (Phi) is 8.61. The van der Waals surface area contributed by atoms with Gasteiger partial charge in [-0.1, -0.05) is 49.4 Å². The van der Waals surface area contributed by atoms with E-state index in [1.54, 1.807) is 40.3 Å². The van der Waals surface area contributed by atoms with Crippen LogP contribution in [0.25, 0.3) is 0 Å². The molecule has 0 fully saturated rings. The molecule has 32 heavy (non-hydrogen) atoms. The van der Waals surface area contributed by atoms with Crippen LogP contribution in [0.5, 0.6) is 0 Å². The van der Waals surface area contributed by atoms with Crippen LogP contribution in [-0.2, 0) is 29.1 Å². The lowest BCUT2D eigenvalue weighted by Crippen LogP contribution is -2.42. The van der Waals surface area contributed by atoms with Crippen molar-refractivity contribution in [3.63, 3.8) is 0 Å². The van der Waals surface area contributed by atoms with E-state index in [9.17, 15) is 14.0 Å². The molecule has 0 N–H and O–H groups in total. The first kappa shape index (κ1) is 23.3. The highest BCUT2D eigenvalue weighted by Crippen LogP contribution is 2.13. The summed E-state index contributed by atoms with van der Waals surface area (Å²) in [5.74, 6) is 0.115. The number of carbonyl (C=O) groups excluding carboxylic acids is 2. The molecule has 1 aromatic heterocycles. The molecular formula is C26H29FN2O3. The standard InChI is InChI=1S/C26H29FN2O3/c1-2-16-28(25(30)15-12-21-7-4-3-5-8-21)20-26(31)29(19-24-9-6-17-32-24)18-22-10-13-23(27)14-11-22/h3-11,13-14,17H,2,12,15-16,18-20H2,1H3. The van der Waals surface area contributed by atoms with Gasteiger partial charge in [-0.25, -0.2) is 4.39 Å². The van der Waals surface area contributed by atoms with Gasteiger partial charge in [0.15, 0.2) is 0 Å². The molecule has 3 rings (SSSR count). The molecule has 6 heteroatoms. The molecule has 0 spiro atoms. The van der Waals surface area contributed by atoms with Crippen LogP contribution in [0.4, 0.5) is 4.39 Å². The zero-order valence-electron chi connectivity index (χ0n) is 18.4. The first-order valence-corrected chi connectivity index (χ1v) is 10.9. The number of hydrogen-bond acceptors (Lipinski definition) is 3. The topological polar surface area (TPSA) is 53.8 Å². The van der Waals surface area contributed by atoms with Crippen LogP contribution >= 0.6 is 0 Å². The molecule has 1 heterocycles. The lowest BCUT2D eigenvalue weighted by atomic mass is 10.1. The number of carbonyl (C=O) groups is 2. The molecule has 2 aromatic carbocycles. The number of halogens is 1. The Labute approximate surface area is 188 Å². The summed E-state index contributed by atoms with van der Waals surface area (Å²) in [6.45, 7) is 3.09. The van der Waals surface area contributed by atoms with Crippen LogP contribution in [0.15, 0.2) is 77.4 Å². The number of nitrogens with zero attached hydrogens (tertiary/aromatic N) is 2. The van der Waals surface area contributed by atoms with Gasteiger partial charge < -0.3 is 14.2 Å². The maximum atomic E-state index is 13.3. The largest absolute Gasteiger partial charge is 0.467 e. The molecule has 0 saturated carbocycles. The molecule has 5 nitrogen and oxygen atoms in total. The summed E-state index contributed by atoms with van der Waals surface area (Å²) in [5, 5.41) is 0. The second-order valence-corrected chi connectivity index (χ2v) is 7.76. The van der Waals surface area contributed by atoms with Crippen molar-refractivity contribution in [2.75, 3.05) is 13.1 Å². The number of aryl methyl sites for hydroxylation is 1. The number of furan rings is 1. The Balaban J connectivity index is 1.67. The van der Waals surface area contributed by atoms with Crippen molar-refractivity contribution < 1.29 is 18.4 Å². The molecular weight excluding hydrogens is 407 g/mol. The van der Waals surface area contributed by atoms with Crippen LogP contribution in [-0.4, -0.2) is 34.7 Å². The lowest BCUT2D eigenvalue weighted by molar-refractivity contribution is -0.141. The van der Waals surface area contributed by atoms with Crippen LogP contribution in [0.1, 0.15) is 36.7 Å². The predicted octanol–water partition coefficient (Wildman–Crippen LogP) is 4.82. The molecule has 0 bridgehead atoms. The molecule has 0 aliphatic rings. The normalized spacial score (nSPS) is 10.7. The fourth-order valence-electron chi connectivity index (χ4n) is 3.51. The van der Waals surface area contributed by atoms with E-state index < -0.39 is 0 Å². The van der Waals surface area contributed by atoms with Crippen molar-refractivity contribution in [1.82, 2.24) is 9.80 Å². The van der Waals surface area contributed by atoms with Gasteiger partial charge in [-0.05, 0) is 48.2 Å². The Morgan fingerprint density at radius 3 is 2.25 bits per heavy atom. The highest BCUT2D eigenvalue weighted by Gasteiger charge is 2.22. The maximum Gasteiger partial charge on any atom is 0.242 e. The highest BCUT2D eigenvalue weighted by atomic mass is 19.1. The molecule has 0 aliphatic heterocycles.